The number of nitriles is 1. The molecule has 176 valence electrons. The van der Waals surface area contributed by atoms with E-state index in [9.17, 15) is 4.79 Å². The second-order valence-corrected chi connectivity index (χ2v) is 8.23. The third-order valence-electron chi connectivity index (χ3n) is 6.04. The number of aliphatic imine (C=N–C) groups is 1. The number of amidine groups is 1. The zero-order chi connectivity index (χ0) is 24.6. The molecule has 0 fully saturated rings. The molecular weight excluding hydrogens is 456 g/mol. The van der Waals surface area contributed by atoms with Crippen LogP contribution in [-0.4, -0.2) is 29.4 Å². The number of halogens is 2. The minimum atomic E-state index is -3.40. The van der Waals surface area contributed by atoms with Gasteiger partial charge in [-0.05, 0) is 35.9 Å². The van der Waals surface area contributed by atoms with Crippen LogP contribution in [0.3, 0.4) is 0 Å². The molecule has 0 saturated heterocycles. The molecule has 2 aliphatic rings. The van der Waals surface area contributed by atoms with Gasteiger partial charge in [0.15, 0.2) is 12.1 Å². The fourth-order valence-electron chi connectivity index (χ4n) is 4.29. The summed E-state index contributed by atoms with van der Waals surface area (Å²) in [5, 5.41) is 11.5. The van der Waals surface area contributed by atoms with Gasteiger partial charge in [-0.15, -0.1) is 0 Å². The van der Waals surface area contributed by atoms with Crippen molar-refractivity contribution in [2.75, 3.05) is 11.9 Å². The molecule has 10 heteroatoms. The van der Waals surface area contributed by atoms with Gasteiger partial charge in [0.1, 0.15) is 23.6 Å². The maximum Gasteiger partial charge on any atom is 0.310 e. The first kappa shape index (κ1) is 22.3. The number of fused-ring (bicyclic) bond motifs is 2. The van der Waals surface area contributed by atoms with Gasteiger partial charge in [-0.25, -0.2) is 9.98 Å². The van der Waals surface area contributed by atoms with Crippen molar-refractivity contribution in [3.8, 4) is 11.8 Å². The van der Waals surface area contributed by atoms with Crippen LogP contribution in [0.1, 0.15) is 39.7 Å². The summed E-state index contributed by atoms with van der Waals surface area (Å²) < 4.78 is 42.1. The molecule has 2 aromatic carbocycles. The van der Waals surface area contributed by atoms with E-state index in [0.29, 0.717) is 5.56 Å². The summed E-state index contributed by atoms with van der Waals surface area (Å²) in [6.45, 7) is -0.935. The number of nitrogens with zero attached hydrogens (tertiary/aromatic N) is 3. The fraction of sp³-hybridized carbons (Fsp3) is 0.200. The average molecular weight is 475 g/mol. The van der Waals surface area contributed by atoms with Crippen molar-refractivity contribution >= 4 is 17.6 Å². The molecule has 3 heterocycles. The lowest BCUT2D eigenvalue weighted by atomic mass is 9.75. The summed E-state index contributed by atoms with van der Waals surface area (Å²) in [5.41, 5.74) is 5.14. The molecule has 1 aromatic heterocycles. The molecule has 1 amide bonds. The van der Waals surface area contributed by atoms with Gasteiger partial charge in [0.25, 0.3) is 11.9 Å². The SMILES string of the molecule is N#Cc1ccc(C(=O)Nc2ccc3c(c2)[C@@]2(CC(c4ccccc4)O3)N=C(N)OCC2(F)F)nc1. The van der Waals surface area contributed by atoms with Crippen LogP contribution in [-0.2, 0) is 10.3 Å². The number of ether oxygens (including phenoxy) is 2. The third-order valence-corrected chi connectivity index (χ3v) is 6.04. The zero-order valence-corrected chi connectivity index (χ0v) is 18.2. The lowest BCUT2D eigenvalue weighted by Crippen LogP contribution is -2.55. The molecule has 5 rings (SSSR count). The van der Waals surface area contributed by atoms with Crippen LogP contribution in [0.25, 0.3) is 0 Å². The van der Waals surface area contributed by atoms with Crippen LogP contribution in [0.4, 0.5) is 14.5 Å². The quantitative estimate of drug-likeness (QED) is 0.592. The highest BCUT2D eigenvalue weighted by Crippen LogP contribution is 2.55. The average Bonchev–Trinajstić information content (AvgIpc) is 2.87. The highest BCUT2D eigenvalue weighted by molar-refractivity contribution is 6.03. The van der Waals surface area contributed by atoms with Crippen LogP contribution >= 0.6 is 0 Å². The summed E-state index contributed by atoms with van der Waals surface area (Å²) in [5.74, 6) is -3.76. The van der Waals surface area contributed by atoms with E-state index in [0.717, 1.165) is 5.56 Å². The van der Waals surface area contributed by atoms with E-state index in [1.165, 1.54) is 30.5 Å². The molecule has 1 unspecified atom stereocenters. The third kappa shape index (κ3) is 3.91. The van der Waals surface area contributed by atoms with Crippen molar-refractivity contribution < 1.29 is 23.0 Å². The Kier molecular flexibility index (Phi) is 5.32. The fourth-order valence-corrected chi connectivity index (χ4v) is 4.29. The van der Waals surface area contributed by atoms with Crippen LogP contribution in [0.15, 0.2) is 71.9 Å². The first-order valence-electron chi connectivity index (χ1n) is 10.7. The Bertz CT molecular complexity index is 1360. The molecule has 35 heavy (non-hydrogen) atoms. The molecule has 0 radical (unpaired) electrons. The molecule has 0 saturated carbocycles. The van der Waals surface area contributed by atoms with Crippen molar-refractivity contribution in [2.45, 2.75) is 24.0 Å². The Balaban J connectivity index is 1.55. The molecule has 2 atom stereocenters. The minimum absolute atomic E-state index is 0.0653. The van der Waals surface area contributed by atoms with Crippen molar-refractivity contribution in [1.29, 1.82) is 5.26 Å². The van der Waals surface area contributed by atoms with E-state index in [4.69, 9.17) is 20.5 Å². The number of amides is 1. The number of hydrogen-bond donors (Lipinski definition) is 2. The number of rotatable bonds is 3. The Hall–Kier alpha value is -4.52. The molecule has 3 N–H and O–H groups in total. The molecule has 3 aromatic rings. The summed E-state index contributed by atoms with van der Waals surface area (Å²) in [6.07, 6.45) is 0.386. The van der Waals surface area contributed by atoms with Crippen LogP contribution in [0.5, 0.6) is 5.75 Å². The Morgan fingerprint density at radius 2 is 1.97 bits per heavy atom. The summed E-state index contributed by atoms with van der Waals surface area (Å²) in [6, 6.07) is 18.0. The predicted molar refractivity (Wildman–Crippen MR) is 122 cm³/mol. The number of hydrogen-bond acceptors (Lipinski definition) is 7. The maximum absolute atomic E-state index is 15.6. The van der Waals surface area contributed by atoms with E-state index in [2.05, 4.69) is 15.3 Å². The van der Waals surface area contributed by atoms with Gasteiger partial charge in [0.2, 0.25) is 0 Å². The number of anilines is 1. The molecule has 8 nitrogen and oxygen atoms in total. The highest BCUT2D eigenvalue weighted by atomic mass is 19.3. The molecule has 0 bridgehead atoms. The molecule has 2 aliphatic heterocycles. The number of alkyl halides is 2. The van der Waals surface area contributed by atoms with E-state index in [-0.39, 0.29) is 35.1 Å². The number of aromatic nitrogens is 1. The lowest BCUT2D eigenvalue weighted by Gasteiger charge is -2.45. The Morgan fingerprint density at radius 1 is 1.17 bits per heavy atom. The largest absolute Gasteiger partial charge is 0.485 e. The monoisotopic (exact) mass is 475 g/mol. The van der Waals surface area contributed by atoms with Gasteiger partial charge < -0.3 is 20.5 Å². The number of carbonyl (C=O) groups is 1. The first-order chi connectivity index (χ1) is 16.8. The van der Waals surface area contributed by atoms with E-state index < -0.39 is 30.1 Å². The molecule has 1 spiro atoms. The van der Waals surface area contributed by atoms with Gasteiger partial charge in [-0.1, -0.05) is 30.3 Å². The standard InChI is InChI=1S/C25H19F2N5O3/c26-25(27)14-34-23(29)32-24(25)11-21(16-4-2-1-3-5-16)35-20-9-7-17(10-18(20)24)31-22(33)19-8-6-15(12-28)13-30-19/h1-10,13,21H,11,14H2,(H2,29,32)(H,31,33)/t21?,24-/m1/s1. The first-order valence-corrected chi connectivity index (χ1v) is 10.7. The van der Waals surface area contributed by atoms with Crippen molar-refractivity contribution in [3.63, 3.8) is 0 Å². The summed E-state index contributed by atoms with van der Waals surface area (Å²) in [4.78, 5) is 20.7. The van der Waals surface area contributed by atoms with Crippen molar-refractivity contribution in [2.24, 2.45) is 10.7 Å². The van der Waals surface area contributed by atoms with E-state index >= 15 is 8.78 Å². The smallest absolute Gasteiger partial charge is 0.310 e. The van der Waals surface area contributed by atoms with Crippen molar-refractivity contribution in [3.05, 3.63) is 89.2 Å². The lowest BCUT2D eigenvalue weighted by molar-refractivity contribution is -0.139. The topological polar surface area (TPSA) is 123 Å². The second-order valence-electron chi connectivity index (χ2n) is 8.23. The highest BCUT2D eigenvalue weighted by Gasteiger charge is 2.62. The number of carbonyl (C=O) groups excluding carboxylic acids is 1. The molecule has 0 aliphatic carbocycles. The van der Waals surface area contributed by atoms with Gasteiger partial charge >= 0.3 is 5.92 Å². The van der Waals surface area contributed by atoms with Gasteiger partial charge in [-0.2, -0.15) is 14.0 Å². The van der Waals surface area contributed by atoms with Crippen LogP contribution < -0.4 is 15.8 Å². The second kappa shape index (κ2) is 8.36. The molecular formula is C25H19F2N5O3. The van der Waals surface area contributed by atoms with Gasteiger partial charge in [0.05, 0.1) is 5.56 Å². The Morgan fingerprint density at radius 3 is 2.69 bits per heavy atom. The van der Waals surface area contributed by atoms with Crippen molar-refractivity contribution in [1.82, 2.24) is 4.98 Å². The predicted octanol–water partition coefficient (Wildman–Crippen LogP) is 3.90. The number of benzene rings is 2. The van der Waals surface area contributed by atoms with Gasteiger partial charge in [0, 0.05) is 23.9 Å². The number of nitrogens with two attached hydrogens (primary N) is 1. The minimum Gasteiger partial charge on any atom is -0.485 e. The maximum atomic E-state index is 15.6. The zero-order valence-electron chi connectivity index (χ0n) is 18.2. The Labute approximate surface area is 199 Å². The van der Waals surface area contributed by atoms with Gasteiger partial charge in [-0.3, -0.25) is 4.79 Å². The number of nitrogens with one attached hydrogen (secondary N) is 1. The normalized spacial score (nSPS) is 22.1. The number of pyridine rings is 1. The van der Waals surface area contributed by atoms with Crippen LogP contribution in [0.2, 0.25) is 0 Å². The van der Waals surface area contributed by atoms with E-state index in [1.807, 2.05) is 12.1 Å². The summed E-state index contributed by atoms with van der Waals surface area (Å²) >= 11 is 0. The van der Waals surface area contributed by atoms with E-state index in [1.54, 1.807) is 30.3 Å². The van der Waals surface area contributed by atoms with Crippen LogP contribution in [0, 0.1) is 11.3 Å². The summed E-state index contributed by atoms with van der Waals surface area (Å²) in [7, 11) is 0.